The van der Waals surface area contributed by atoms with E-state index in [1.807, 2.05) is 6.07 Å². The maximum Gasteiger partial charge on any atom is 0.143 e. The summed E-state index contributed by atoms with van der Waals surface area (Å²) in [5.74, 6) is 0.942. The molecule has 1 aliphatic carbocycles. The fourth-order valence-corrected chi connectivity index (χ4v) is 2.65. The summed E-state index contributed by atoms with van der Waals surface area (Å²) in [6.45, 7) is 1.06. The summed E-state index contributed by atoms with van der Waals surface area (Å²) in [6.07, 6.45) is 6.17. The molecule has 0 atom stereocenters. The first kappa shape index (κ1) is 12.6. The molecule has 1 saturated carbocycles. The van der Waals surface area contributed by atoms with Crippen LogP contribution in [0.15, 0.2) is 16.7 Å². The number of aliphatic hydroxyl groups is 1. The number of aliphatic hydroxyl groups excluding tert-OH is 1. The normalized spacial score (nSPS) is 15.6. The molecule has 1 heterocycles. The number of anilines is 2. The molecule has 1 aromatic rings. The van der Waals surface area contributed by atoms with E-state index in [1.54, 1.807) is 6.20 Å². The Morgan fingerprint density at radius 3 is 2.82 bits per heavy atom. The number of nitrogens with two attached hydrogens (primary N) is 1. The largest absolute Gasteiger partial charge is 0.397 e. The van der Waals surface area contributed by atoms with Crippen LogP contribution in [0.4, 0.5) is 11.5 Å². The molecule has 3 N–H and O–H groups in total. The second-order valence-corrected chi connectivity index (χ2v) is 5.28. The molecule has 2 rings (SSSR count). The van der Waals surface area contributed by atoms with Crippen molar-refractivity contribution in [3.8, 4) is 0 Å². The number of hydrogen-bond acceptors (Lipinski definition) is 4. The second kappa shape index (κ2) is 5.69. The minimum Gasteiger partial charge on any atom is -0.397 e. The quantitative estimate of drug-likeness (QED) is 0.875. The van der Waals surface area contributed by atoms with Gasteiger partial charge in [-0.1, -0.05) is 0 Å². The molecular formula is C12H18BrN3O. The van der Waals surface area contributed by atoms with E-state index in [0.29, 0.717) is 11.7 Å². The Labute approximate surface area is 110 Å². The molecule has 1 aromatic heterocycles. The molecule has 0 radical (unpaired) electrons. The molecule has 1 aliphatic rings. The van der Waals surface area contributed by atoms with Crippen molar-refractivity contribution in [2.45, 2.75) is 31.7 Å². The van der Waals surface area contributed by atoms with Gasteiger partial charge in [-0.05, 0) is 47.7 Å². The third-order valence-corrected chi connectivity index (χ3v) is 3.77. The molecule has 17 heavy (non-hydrogen) atoms. The smallest absolute Gasteiger partial charge is 0.143 e. The van der Waals surface area contributed by atoms with Crippen molar-refractivity contribution in [3.05, 3.63) is 16.7 Å². The Morgan fingerprint density at radius 2 is 2.29 bits per heavy atom. The van der Waals surface area contributed by atoms with E-state index >= 15 is 0 Å². The average Bonchev–Trinajstić information content (AvgIpc) is 2.22. The van der Waals surface area contributed by atoms with E-state index in [1.165, 1.54) is 19.3 Å². The molecule has 0 amide bonds. The number of aromatic nitrogens is 1. The number of halogens is 1. The van der Waals surface area contributed by atoms with Gasteiger partial charge in [-0.2, -0.15) is 0 Å². The maximum atomic E-state index is 8.97. The topological polar surface area (TPSA) is 62.4 Å². The van der Waals surface area contributed by atoms with Gasteiger partial charge >= 0.3 is 0 Å². The second-order valence-electron chi connectivity index (χ2n) is 4.43. The maximum absolute atomic E-state index is 8.97. The van der Waals surface area contributed by atoms with E-state index in [-0.39, 0.29) is 6.61 Å². The standard InChI is InChI=1S/C12H18BrN3O/c13-11-7-9(14)8-15-12(11)16(5-2-6-17)10-3-1-4-10/h7-8,10,17H,1-6,14H2. The third kappa shape index (κ3) is 2.90. The number of nitrogen functional groups attached to an aromatic ring is 1. The molecule has 0 bridgehead atoms. The van der Waals surface area contributed by atoms with Crippen LogP contribution in [0.2, 0.25) is 0 Å². The Hall–Kier alpha value is -0.810. The first-order chi connectivity index (χ1) is 8.22. The fraction of sp³-hybridized carbons (Fsp3) is 0.583. The highest BCUT2D eigenvalue weighted by Gasteiger charge is 2.26. The minimum atomic E-state index is 0.218. The van der Waals surface area contributed by atoms with Gasteiger partial charge in [0.25, 0.3) is 0 Å². The Morgan fingerprint density at radius 1 is 1.53 bits per heavy atom. The number of rotatable bonds is 5. The van der Waals surface area contributed by atoms with Crippen molar-refractivity contribution < 1.29 is 5.11 Å². The van der Waals surface area contributed by atoms with Crippen LogP contribution in [0, 0.1) is 0 Å². The number of nitrogens with zero attached hydrogens (tertiary/aromatic N) is 2. The van der Waals surface area contributed by atoms with Crippen LogP contribution in [0.25, 0.3) is 0 Å². The first-order valence-electron chi connectivity index (χ1n) is 6.01. The Bertz CT molecular complexity index is 382. The molecule has 0 saturated heterocycles. The van der Waals surface area contributed by atoms with Crippen LogP contribution < -0.4 is 10.6 Å². The summed E-state index contributed by atoms with van der Waals surface area (Å²) in [6, 6.07) is 2.45. The van der Waals surface area contributed by atoms with Crippen LogP contribution in [0.5, 0.6) is 0 Å². The van der Waals surface area contributed by atoms with Gasteiger partial charge in [0.15, 0.2) is 0 Å². The zero-order valence-corrected chi connectivity index (χ0v) is 11.4. The number of pyridine rings is 1. The minimum absolute atomic E-state index is 0.218. The lowest BCUT2D eigenvalue weighted by Crippen LogP contribution is -2.41. The van der Waals surface area contributed by atoms with Crippen molar-refractivity contribution >= 4 is 27.4 Å². The molecule has 94 valence electrons. The van der Waals surface area contributed by atoms with Crippen molar-refractivity contribution in [2.75, 3.05) is 23.8 Å². The van der Waals surface area contributed by atoms with E-state index in [0.717, 1.165) is 23.3 Å². The molecule has 5 heteroatoms. The van der Waals surface area contributed by atoms with Gasteiger partial charge < -0.3 is 15.7 Å². The van der Waals surface area contributed by atoms with Crippen molar-refractivity contribution in [1.29, 1.82) is 0 Å². The summed E-state index contributed by atoms with van der Waals surface area (Å²) in [5, 5.41) is 8.97. The predicted molar refractivity (Wildman–Crippen MR) is 73.0 cm³/mol. The fourth-order valence-electron chi connectivity index (χ4n) is 2.06. The summed E-state index contributed by atoms with van der Waals surface area (Å²) < 4.78 is 0.933. The summed E-state index contributed by atoms with van der Waals surface area (Å²) in [7, 11) is 0. The summed E-state index contributed by atoms with van der Waals surface area (Å²) in [5.41, 5.74) is 6.36. The highest BCUT2D eigenvalue weighted by atomic mass is 79.9. The monoisotopic (exact) mass is 299 g/mol. The highest BCUT2D eigenvalue weighted by molar-refractivity contribution is 9.10. The molecule has 1 fully saturated rings. The zero-order chi connectivity index (χ0) is 12.3. The van der Waals surface area contributed by atoms with Gasteiger partial charge in [0.2, 0.25) is 0 Å². The Balaban J connectivity index is 2.17. The van der Waals surface area contributed by atoms with E-state index in [2.05, 4.69) is 25.8 Å². The van der Waals surface area contributed by atoms with Crippen molar-refractivity contribution in [1.82, 2.24) is 4.98 Å². The van der Waals surface area contributed by atoms with Crippen molar-refractivity contribution in [3.63, 3.8) is 0 Å². The number of hydrogen-bond donors (Lipinski definition) is 2. The Kier molecular flexibility index (Phi) is 4.23. The van der Waals surface area contributed by atoms with E-state index in [4.69, 9.17) is 10.8 Å². The van der Waals surface area contributed by atoms with E-state index < -0.39 is 0 Å². The summed E-state index contributed by atoms with van der Waals surface area (Å²) in [4.78, 5) is 6.69. The lowest BCUT2D eigenvalue weighted by atomic mass is 9.91. The average molecular weight is 300 g/mol. The van der Waals surface area contributed by atoms with Gasteiger partial charge in [-0.15, -0.1) is 0 Å². The van der Waals surface area contributed by atoms with E-state index in [9.17, 15) is 0 Å². The molecule has 4 nitrogen and oxygen atoms in total. The molecular weight excluding hydrogens is 282 g/mol. The molecule has 0 aromatic carbocycles. The van der Waals surface area contributed by atoms with Gasteiger partial charge in [-0.25, -0.2) is 4.98 Å². The van der Waals surface area contributed by atoms with Crippen LogP contribution in [-0.4, -0.2) is 29.3 Å². The van der Waals surface area contributed by atoms with Gasteiger partial charge in [-0.3, -0.25) is 0 Å². The van der Waals surface area contributed by atoms with Gasteiger partial charge in [0.05, 0.1) is 16.4 Å². The van der Waals surface area contributed by atoms with Gasteiger partial charge in [0, 0.05) is 19.2 Å². The third-order valence-electron chi connectivity index (χ3n) is 3.19. The predicted octanol–water partition coefficient (Wildman–Crippen LogP) is 2.17. The van der Waals surface area contributed by atoms with Crippen LogP contribution in [0.1, 0.15) is 25.7 Å². The molecule has 0 aliphatic heterocycles. The van der Waals surface area contributed by atoms with Crippen LogP contribution >= 0.6 is 15.9 Å². The SMILES string of the molecule is Nc1cnc(N(CCCO)C2CCC2)c(Br)c1. The van der Waals surface area contributed by atoms with Gasteiger partial charge in [0.1, 0.15) is 5.82 Å². The zero-order valence-electron chi connectivity index (χ0n) is 9.77. The van der Waals surface area contributed by atoms with Crippen LogP contribution in [0.3, 0.4) is 0 Å². The molecule has 0 unspecified atom stereocenters. The lowest BCUT2D eigenvalue weighted by Gasteiger charge is -2.38. The van der Waals surface area contributed by atoms with Crippen LogP contribution in [-0.2, 0) is 0 Å². The summed E-state index contributed by atoms with van der Waals surface area (Å²) >= 11 is 3.51. The first-order valence-corrected chi connectivity index (χ1v) is 6.80. The lowest BCUT2D eigenvalue weighted by molar-refractivity contribution is 0.282. The van der Waals surface area contributed by atoms with Crippen molar-refractivity contribution in [2.24, 2.45) is 0 Å². The molecule has 0 spiro atoms. The highest BCUT2D eigenvalue weighted by Crippen LogP contribution is 2.33.